The van der Waals surface area contributed by atoms with Crippen molar-refractivity contribution in [2.45, 2.75) is 46.5 Å². The number of ketones is 1. The van der Waals surface area contributed by atoms with Gasteiger partial charge in [0.25, 0.3) is 0 Å². The summed E-state index contributed by atoms with van der Waals surface area (Å²) in [5.74, 6) is -1.63. The smallest absolute Gasteiger partial charge is 0.314 e. The standard InChI is InChI=1S/C11H20O3/c1-4-5-6-9(11(13)14)10(12)7-8(2)3/h8-9H,4-7H2,1-3H3,(H,13,14). The predicted molar refractivity (Wildman–Crippen MR) is 55.1 cm³/mol. The molecule has 0 heterocycles. The summed E-state index contributed by atoms with van der Waals surface area (Å²) < 4.78 is 0. The molecule has 0 amide bonds. The maximum atomic E-state index is 11.5. The number of unbranched alkanes of at least 4 members (excludes halogenated alkanes) is 1. The van der Waals surface area contributed by atoms with Crippen LogP contribution in [0.5, 0.6) is 0 Å². The first kappa shape index (κ1) is 13.1. The van der Waals surface area contributed by atoms with Gasteiger partial charge in [-0.2, -0.15) is 0 Å². The summed E-state index contributed by atoms with van der Waals surface area (Å²) in [6, 6.07) is 0. The lowest BCUT2D eigenvalue weighted by atomic mass is 9.92. The average molecular weight is 200 g/mol. The van der Waals surface area contributed by atoms with Crippen molar-refractivity contribution in [3.63, 3.8) is 0 Å². The Morgan fingerprint density at radius 1 is 1.29 bits per heavy atom. The van der Waals surface area contributed by atoms with E-state index in [1.54, 1.807) is 0 Å². The number of hydrogen-bond donors (Lipinski definition) is 1. The highest BCUT2D eigenvalue weighted by Gasteiger charge is 2.25. The highest BCUT2D eigenvalue weighted by molar-refractivity contribution is 5.98. The van der Waals surface area contributed by atoms with E-state index in [0.29, 0.717) is 12.8 Å². The first-order valence-electron chi connectivity index (χ1n) is 5.24. The van der Waals surface area contributed by atoms with Gasteiger partial charge in [-0.3, -0.25) is 9.59 Å². The molecule has 1 N–H and O–H groups in total. The van der Waals surface area contributed by atoms with Crippen molar-refractivity contribution >= 4 is 11.8 Å². The summed E-state index contributed by atoms with van der Waals surface area (Å²) in [5, 5.41) is 8.86. The van der Waals surface area contributed by atoms with Gasteiger partial charge in [0.1, 0.15) is 11.7 Å². The number of carboxylic acid groups (broad SMARTS) is 1. The second kappa shape index (κ2) is 6.57. The Labute approximate surface area is 85.5 Å². The first-order chi connectivity index (χ1) is 6.49. The third-order valence-electron chi connectivity index (χ3n) is 2.14. The third kappa shape index (κ3) is 5.00. The Hall–Kier alpha value is -0.860. The van der Waals surface area contributed by atoms with Crippen LogP contribution in [0.3, 0.4) is 0 Å². The zero-order valence-corrected chi connectivity index (χ0v) is 9.25. The number of carboxylic acids is 1. The van der Waals surface area contributed by atoms with Crippen LogP contribution in [0.25, 0.3) is 0 Å². The minimum atomic E-state index is -0.968. The van der Waals surface area contributed by atoms with Crippen molar-refractivity contribution in [1.82, 2.24) is 0 Å². The number of Topliss-reactive ketones (excluding diaryl/α,β-unsaturated/α-hetero) is 1. The third-order valence-corrected chi connectivity index (χ3v) is 2.14. The molecule has 1 atom stereocenters. The molecular formula is C11H20O3. The van der Waals surface area contributed by atoms with Crippen molar-refractivity contribution in [1.29, 1.82) is 0 Å². The van der Waals surface area contributed by atoms with Gasteiger partial charge in [0.15, 0.2) is 0 Å². The molecule has 0 rings (SSSR count). The Bertz CT molecular complexity index is 197. The van der Waals surface area contributed by atoms with Gasteiger partial charge in [0.05, 0.1) is 0 Å². The number of carbonyl (C=O) groups is 2. The van der Waals surface area contributed by atoms with Crippen LogP contribution < -0.4 is 0 Å². The number of carbonyl (C=O) groups excluding carboxylic acids is 1. The largest absolute Gasteiger partial charge is 0.481 e. The molecule has 0 aromatic heterocycles. The van der Waals surface area contributed by atoms with Gasteiger partial charge >= 0.3 is 5.97 Å². The summed E-state index contributed by atoms with van der Waals surface area (Å²) in [6.07, 6.45) is 2.59. The van der Waals surface area contributed by atoms with Gasteiger partial charge in [-0.15, -0.1) is 0 Å². The molecule has 0 fully saturated rings. The van der Waals surface area contributed by atoms with Crippen LogP contribution in [0.2, 0.25) is 0 Å². The van der Waals surface area contributed by atoms with Crippen LogP contribution in [0.4, 0.5) is 0 Å². The van der Waals surface area contributed by atoms with Crippen LogP contribution >= 0.6 is 0 Å². The monoisotopic (exact) mass is 200 g/mol. The number of rotatable bonds is 7. The molecule has 0 saturated heterocycles. The SMILES string of the molecule is CCCCC(C(=O)O)C(=O)CC(C)C. The lowest BCUT2D eigenvalue weighted by Crippen LogP contribution is -2.24. The molecule has 14 heavy (non-hydrogen) atoms. The Balaban J connectivity index is 4.19. The van der Waals surface area contributed by atoms with Crippen molar-refractivity contribution < 1.29 is 14.7 Å². The van der Waals surface area contributed by atoms with E-state index in [1.165, 1.54) is 0 Å². The van der Waals surface area contributed by atoms with Gasteiger partial charge < -0.3 is 5.11 Å². The molecular weight excluding hydrogens is 180 g/mol. The Morgan fingerprint density at radius 3 is 2.21 bits per heavy atom. The van der Waals surface area contributed by atoms with E-state index in [-0.39, 0.29) is 11.7 Å². The predicted octanol–water partition coefficient (Wildman–Crippen LogP) is 2.49. The Kier molecular flexibility index (Phi) is 6.17. The molecule has 0 spiro atoms. The molecule has 0 radical (unpaired) electrons. The van der Waals surface area contributed by atoms with Crippen LogP contribution in [-0.4, -0.2) is 16.9 Å². The van der Waals surface area contributed by atoms with E-state index in [0.717, 1.165) is 12.8 Å². The van der Waals surface area contributed by atoms with Crippen molar-refractivity contribution in [2.75, 3.05) is 0 Å². The molecule has 3 heteroatoms. The summed E-state index contributed by atoms with van der Waals surface area (Å²) in [4.78, 5) is 22.3. The molecule has 0 bridgehead atoms. The van der Waals surface area contributed by atoms with Crippen LogP contribution in [0.1, 0.15) is 46.5 Å². The fraction of sp³-hybridized carbons (Fsp3) is 0.818. The second-order valence-electron chi connectivity index (χ2n) is 4.10. The molecule has 3 nitrogen and oxygen atoms in total. The fourth-order valence-corrected chi connectivity index (χ4v) is 1.38. The van der Waals surface area contributed by atoms with E-state index in [2.05, 4.69) is 0 Å². The summed E-state index contributed by atoms with van der Waals surface area (Å²) in [6.45, 7) is 5.85. The normalized spacial score (nSPS) is 12.9. The molecule has 1 unspecified atom stereocenters. The topological polar surface area (TPSA) is 54.4 Å². The minimum absolute atomic E-state index is 0.124. The zero-order valence-electron chi connectivity index (χ0n) is 9.25. The van der Waals surface area contributed by atoms with Crippen molar-refractivity contribution in [2.24, 2.45) is 11.8 Å². The molecule has 0 aliphatic carbocycles. The lowest BCUT2D eigenvalue weighted by Gasteiger charge is -2.11. The van der Waals surface area contributed by atoms with Crippen LogP contribution in [-0.2, 0) is 9.59 Å². The maximum Gasteiger partial charge on any atom is 0.314 e. The minimum Gasteiger partial charge on any atom is -0.481 e. The average Bonchev–Trinajstić information content (AvgIpc) is 2.02. The molecule has 0 aliphatic rings. The molecule has 0 aromatic rings. The second-order valence-corrected chi connectivity index (χ2v) is 4.10. The highest BCUT2D eigenvalue weighted by Crippen LogP contribution is 2.15. The van der Waals surface area contributed by atoms with E-state index < -0.39 is 11.9 Å². The summed E-state index contributed by atoms with van der Waals surface area (Å²) in [5.41, 5.74) is 0. The molecule has 0 saturated carbocycles. The maximum absolute atomic E-state index is 11.5. The van der Waals surface area contributed by atoms with Gasteiger partial charge in [0.2, 0.25) is 0 Å². The number of aliphatic carboxylic acids is 1. The zero-order chi connectivity index (χ0) is 11.1. The molecule has 0 aromatic carbocycles. The molecule has 0 aliphatic heterocycles. The van der Waals surface area contributed by atoms with Crippen molar-refractivity contribution in [3.8, 4) is 0 Å². The van der Waals surface area contributed by atoms with E-state index in [9.17, 15) is 9.59 Å². The quantitative estimate of drug-likeness (QED) is 0.642. The fourth-order valence-electron chi connectivity index (χ4n) is 1.38. The summed E-state index contributed by atoms with van der Waals surface area (Å²) in [7, 11) is 0. The van der Waals surface area contributed by atoms with Gasteiger partial charge in [-0.05, 0) is 12.3 Å². The van der Waals surface area contributed by atoms with Gasteiger partial charge in [-0.1, -0.05) is 33.6 Å². The number of hydrogen-bond acceptors (Lipinski definition) is 2. The van der Waals surface area contributed by atoms with Gasteiger partial charge in [-0.25, -0.2) is 0 Å². The van der Waals surface area contributed by atoms with Crippen LogP contribution in [0, 0.1) is 11.8 Å². The van der Waals surface area contributed by atoms with Crippen molar-refractivity contribution in [3.05, 3.63) is 0 Å². The van der Waals surface area contributed by atoms with Crippen LogP contribution in [0.15, 0.2) is 0 Å². The molecule has 82 valence electrons. The van der Waals surface area contributed by atoms with E-state index in [1.807, 2.05) is 20.8 Å². The first-order valence-corrected chi connectivity index (χ1v) is 5.24. The lowest BCUT2D eigenvalue weighted by molar-refractivity contribution is -0.146. The summed E-state index contributed by atoms with van der Waals surface area (Å²) >= 11 is 0. The van der Waals surface area contributed by atoms with Gasteiger partial charge in [0, 0.05) is 6.42 Å². The van der Waals surface area contributed by atoms with E-state index in [4.69, 9.17) is 5.11 Å². The highest BCUT2D eigenvalue weighted by atomic mass is 16.4. The van der Waals surface area contributed by atoms with E-state index >= 15 is 0 Å². The Morgan fingerprint density at radius 2 is 1.86 bits per heavy atom.